The van der Waals surface area contributed by atoms with Crippen LogP contribution in [0, 0.1) is 0 Å². The Hall–Kier alpha value is -2.62. The largest absolute Gasteiger partial charge is 0.478 e. The number of rotatable bonds is 2. The second-order valence-electron chi connectivity index (χ2n) is 4.82. The fourth-order valence-corrected chi connectivity index (χ4v) is 2.44. The molecule has 0 aliphatic carbocycles. The molecule has 0 spiro atoms. The van der Waals surface area contributed by atoms with Crippen molar-refractivity contribution in [1.29, 1.82) is 0 Å². The number of amides is 1. The van der Waals surface area contributed by atoms with Crippen molar-refractivity contribution in [2.75, 3.05) is 0 Å². The van der Waals surface area contributed by atoms with Gasteiger partial charge < -0.3 is 10.0 Å². The molecule has 0 fully saturated rings. The van der Waals surface area contributed by atoms with Gasteiger partial charge in [0.25, 0.3) is 5.91 Å². The third-order valence-electron chi connectivity index (χ3n) is 3.48. The van der Waals surface area contributed by atoms with Crippen LogP contribution < -0.4 is 0 Å². The molecule has 1 heterocycles. The molecule has 20 heavy (non-hydrogen) atoms. The lowest BCUT2D eigenvalue weighted by molar-refractivity contribution is 0.0697. The van der Waals surface area contributed by atoms with Gasteiger partial charge in [-0.1, -0.05) is 30.3 Å². The maximum absolute atomic E-state index is 12.4. The first kappa shape index (κ1) is 12.4. The van der Waals surface area contributed by atoms with Crippen molar-refractivity contribution in [1.82, 2.24) is 4.90 Å². The van der Waals surface area contributed by atoms with E-state index in [0.29, 0.717) is 18.7 Å². The van der Waals surface area contributed by atoms with Crippen LogP contribution in [0.15, 0.2) is 48.5 Å². The summed E-state index contributed by atoms with van der Waals surface area (Å²) in [7, 11) is 0. The molecule has 0 radical (unpaired) electrons. The smallest absolute Gasteiger partial charge is 0.335 e. The van der Waals surface area contributed by atoms with E-state index in [-0.39, 0.29) is 11.5 Å². The molecule has 0 unspecified atom stereocenters. The third kappa shape index (κ3) is 2.16. The standard InChI is InChI=1S/C16H13NO3/c18-15(11-6-3-7-12(8-11)16(19)20)17-9-13-4-1-2-5-14(13)10-17/h1-8H,9-10H2,(H,19,20). The molecule has 4 nitrogen and oxygen atoms in total. The zero-order valence-corrected chi connectivity index (χ0v) is 10.7. The molecule has 1 aliphatic heterocycles. The van der Waals surface area contributed by atoms with Crippen LogP contribution in [0.5, 0.6) is 0 Å². The molecule has 0 saturated heterocycles. The van der Waals surface area contributed by atoms with Crippen molar-refractivity contribution in [3.05, 3.63) is 70.8 Å². The average Bonchev–Trinajstić information content (AvgIpc) is 2.90. The normalized spacial score (nSPS) is 13.1. The Morgan fingerprint density at radius 3 is 2.10 bits per heavy atom. The number of carbonyl (C=O) groups is 2. The molecule has 2 aromatic carbocycles. The highest BCUT2D eigenvalue weighted by Crippen LogP contribution is 2.24. The first-order valence-corrected chi connectivity index (χ1v) is 6.34. The van der Waals surface area contributed by atoms with Gasteiger partial charge in [0.2, 0.25) is 0 Å². The van der Waals surface area contributed by atoms with E-state index in [0.717, 1.165) is 11.1 Å². The van der Waals surface area contributed by atoms with E-state index in [1.54, 1.807) is 17.0 Å². The summed E-state index contributed by atoms with van der Waals surface area (Å²) < 4.78 is 0. The fourth-order valence-electron chi connectivity index (χ4n) is 2.44. The van der Waals surface area contributed by atoms with Crippen molar-refractivity contribution in [2.45, 2.75) is 13.1 Å². The lowest BCUT2D eigenvalue weighted by Crippen LogP contribution is -2.25. The van der Waals surface area contributed by atoms with Crippen LogP contribution in [0.3, 0.4) is 0 Å². The summed E-state index contributed by atoms with van der Waals surface area (Å²) in [6.07, 6.45) is 0. The lowest BCUT2D eigenvalue weighted by atomic mass is 10.1. The molecule has 1 amide bonds. The summed E-state index contributed by atoms with van der Waals surface area (Å²) in [6.45, 7) is 1.15. The van der Waals surface area contributed by atoms with Gasteiger partial charge in [0.1, 0.15) is 0 Å². The number of benzene rings is 2. The summed E-state index contributed by atoms with van der Waals surface area (Å²) >= 11 is 0. The Morgan fingerprint density at radius 2 is 1.50 bits per heavy atom. The van der Waals surface area contributed by atoms with E-state index in [2.05, 4.69) is 0 Å². The van der Waals surface area contributed by atoms with Crippen molar-refractivity contribution in [2.24, 2.45) is 0 Å². The Balaban J connectivity index is 1.85. The van der Waals surface area contributed by atoms with Crippen LogP contribution in [0.2, 0.25) is 0 Å². The van der Waals surface area contributed by atoms with Gasteiger partial charge in [-0.05, 0) is 29.3 Å². The van der Waals surface area contributed by atoms with Gasteiger partial charge >= 0.3 is 5.97 Å². The highest BCUT2D eigenvalue weighted by atomic mass is 16.4. The van der Waals surface area contributed by atoms with E-state index < -0.39 is 5.97 Å². The number of hydrogen-bond acceptors (Lipinski definition) is 2. The summed E-state index contributed by atoms with van der Waals surface area (Å²) in [5.74, 6) is -1.16. The molecule has 0 saturated carbocycles. The third-order valence-corrected chi connectivity index (χ3v) is 3.48. The second-order valence-corrected chi connectivity index (χ2v) is 4.82. The predicted octanol–water partition coefficient (Wildman–Crippen LogP) is 2.54. The fraction of sp³-hybridized carbons (Fsp3) is 0.125. The van der Waals surface area contributed by atoms with Crippen LogP contribution in [0.4, 0.5) is 0 Å². The molecule has 4 heteroatoms. The highest BCUT2D eigenvalue weighted by molar-refractivity contribution is 5.97. The molecule has 2 aromatic rings. The van der Waals surface area contributed by atoms with Gasteiger partial charge in [-0.15, -0.1) is 0 Å². The Kier molecular flexibility index (Phi) is 2.99. The number of aromatic carboxylic acids is 1. The van der Waals surface area contributed by atoms with Gasteiger partial charge in [-0.25, -0.2) is 4.79 Å². The molecule has 0 aromatic heterocycles. The quantitative estimate of drug-likeness (QED) is 0.909. The highest BCUT2D eigenvalue weighted by Gasteiger charge is 2.24. The molecule has 100 valence electrons. The summed E-state index contributed by atoms with van der Waals surface area (Å²) in [6, 6.07) is 14.1. The zero-order valence-electron chi connectivity index (χ0n) is 10.7. The molecule has 0 atom stereocenters. The number of carboxylic acid groups (broad SMARTS) is 1. The van der Waals surface area contributed by atoms with Gasteiger partial charge in [-0.2, -0.15) is 0 Å². The van der Waals surface area contributed by atoms with Crippen LogP contribution >= 0.6 is 0 Å². The first-order chi connectivity index (χ1) is 9.65. The average molecular weight is 267 g/mol. The number of fused-ring (bicyclic) bond motifs is 1. The number of hydrogen-bond donors (Lipinski definition) is 1. The van der Waals surface area contributed by atoms with Crippen LogP contribution in [0.1, 0.15) is 31.8 Å². The van der Waals surface area contributed by atoms with E-state index in [9.17, 15) is 9.59 Å². The minimum atomic E-state index is -1.02. The predicted molar refractivity (Wildman–Crippen MR) is 73.4 cm³/mol. The molecule has 1 N–H and O–H groups in total. The minimum absolute atomic E-state index is 0.132. The van der Waals surface area contributed by atoms with Gasteiger partial charge in [-0.3, -0.25) is 4.79 Å². The maximum atomic E-state index is 12.4. The van der Waals surface area contributed by atoms with Crippen molar-refractivity contribution >= 4 is 11.9 Å². The van der Waals surface area contributed by atoms with Crippen LogP contribution in [0.25, 0.3) is 0 Å². The molecular weight excluding hydrogens is 254 g/mol. The van der Waals surface area contributed by atoms with Crippen molar-refractivity contribution in [3.8, 4) is 0 Å². The number of carbonyl (C=O) groups excluding carboxylic acids is 1. The second kappa shape index (κ2) is 4.81. The zero-order chi connectivity index (χ0) is 14.1. The maximum Gasteiger partial charge on any atom is 0.335 e. The monoisotopic (exact) mass is 267 g/mol. The van der Waals surface area contributed by atoms with E-state index in [1.165, 1.54) is 12.1 Å². The lowest BCUT2D eigenvalue weighted by Gasteiger charge is -2.15. The summed E-state index contributed by atoms with van der Waals surface area (Å²) in [4.78, 5) is 25.1. The van der Waals surface area contributed by atoms with Gasteiger partial charge in [0.15, 0.2) is 0 Å². The number of carboxylic acids is 1. The van der Waals surface area contributed by atoms with Crippen LogP contribution in [-0.4, -0.2) is 21.9 Å². The first-order valence-electron chi connectivity index (χ1n) is 6.34. The number of nitrogens with zero attached hydrogens (tertiary/aromatic N) is 1. The SMILES string of the molecule is O=C(O)c1cccc(C(=O)N2Cc3ccccc3C2)c1. The molecule has 1 aliphatic rings. The molecule has 3 rings (SSSR count). The summed E-state index contributed by atoms with van der Waals surface area (Å²) in [5, 5.41) is 8.97. The minimum Gasteiger partial charge on any atom is -0.478 e. The van der Waals surface area contributed by atoms with E-state index in [1.807, 2.05) is 24.3 Å². The Bertz CT molecular complexity index is 669. The van der Waals surface area contributed by atoms with Gasteiger partial charge in [0.05, 0.1) is 5.56 Å². The summed E-state index contributed by atoms with van der Waals surface area (Å²) in [5.41, 5.74) is 2.84. The Morgan fingerprint density at radius 1 is 0.900 bits per heavy atom. The van der Waals surface area contributed by atoms with Crippen molar-refractivity contribution < 1.29 is 14.7 Å². The topological polar surface area (TPSA) is 57.6 Å². The van der Waals surface area contributed by atoms with Crippen molar-refractivity contribution in [3.63, 3.8) is 0 Å². The molecule has 0 bridgehead atoms. The van der Waals surface area contributed by atoms with Crippen LogP contribution in [-0.2, 0) is 13.1 Å². The molecular formula is C16H13NO3. The van der Waals surface area contributed by atoms with E-state index >= 15 is 0 Å². The van der Waals surface area contributed by atoms with Gasteiger partial charge in [0, 0.05) is 18.7 Å². The van der Waals surface area contributed by atoms with E-state index in [4.69, 9.17) is 5.11 Å². The Labute approximate surface area is 116 Å².